The molecule has 7 nitrogen and oxygen atoms in total. The van der Waals surface area contributed by atoms with Crippen molar-refractivity contribution < 1.29 is 14.3 Å². The molecule has 176 valence electrons. The quantitative estimate of drug-likeness (QED) is 0.658. The molecule has 0 aliphatic carbocycles. The number of rotatable bonds is 0. The van der Waals surface area contributed by atoms with Crippen LogP contribution in [0.1, 0.15) is 54.1 Å². The molecule has 0 aromatic heterocycles. The van der Waals surface area contributed by atoms with Crippen LogP contribution in [0.25, 0.3) is 6.08 Å². The Hall–Kier alpha value is -3.48. The van der Waals surface area contributed by atoms with E-state index in [9.17, 15) is 9.59 Å². The van der Waals surface area contributed by atoms with Crippen LogP contribution in [-0.4, -0.2) is 44.1 Å². The Balaban J connectivity index is 1.49. The minimum Gasteiger partial charge on any atom is -0.492 e. The minimum absolute atomic E-state index is 0.147. The number of hydrogen-bond donors (Lipinski definition) is 1. The molecular formula is C27H30N4O3. The summed E-state index contributed by atoms with van der Waals surface area (Å²) < 4.78 is 5.95. The number of hydrogen-bond acceptors (Lipinski definition) is 5. The van der Waals surface area contributed by atoms with Gasteiger partial charge < -0.3 is 15.0 Å². The van der Waals surface area contributed by atoms with Crippen molar-refractivity contribution >= 4 is 23.6 Å². The number of benzene rings is 2. The van der Waals surface area contributed by atoms with Gasteiger partial charge in [-0.2, -0.15) is 0 Å². The zero-order valence-electron chi connectivity index (χ0n) is 19.5. The van der Waals surface area contributed by atoms with Crippen LogP contribution in [-0.2, 0) is 11.2 Å². The van der Waals surface area contributed by atoms with E-state index in [1.165, 1.54) is 11.3 Å². The summed E-state index contributed by atoms with van der Waals surface area (Å²) in [5, 5.41) is 4.07. The van der Waals surface area contributed by atoms with Crippen LogP contribution in [0.4, 0.5) is 5.69 Å². The molecule has 2 aromatic rings. The van der Waals surface area contributed by atoms with Gasteiger partial charge in [-0.1, -0.05) is 18.2 Å². The van der Waals surface area contributed by atoms with E-state index < -0.39 is 0 Å². The molecule has 0 fully saturated rings. The molecule has 0 unspecified atom stereocenters. The van der Waals surface area contributed by atoms with Crippen molar-refractivity contribution in [2.24, 2.45) is 9.98 Å². The average molecular weight is 459 g/mol. The first-order valence-corrected chi connectivity index (χ1v) is 12.2. The Morgan fingerprint density at radius 3 is 2.91 bits per heavy atom. The molecule has 0 spiro atoms. The number of ether oxygens (including phenoxy) is 1. The second-order valence-corrected chi connectivity index (χ2v) is 9.15. The maximum atomic E-state index is 12.9. The van der Waals surface area contributed by atoms with Gasteiger partial charge in [0, 0.05) is 36.0 Å². The SMILES string of the molecule is C[C@@H]1CC(=O)N=c2cc3cc(c2=N1)/C=C/CCCN1CCCc2ccc(cc21)OCCNC3=O. The van der Waals surface area contributed by atoms with E-state index in [0.717, 1.165) is 50.1 Å². The van der Waals surface area contributed by atoms with Crippen molar-refractivity contribution in [2.45, 2.75) is 45.1 Å². The number of nitrogens with zero attached hydrogens (tertiary/aromatic N) is 3. The molecule has 2 aromatic carbocycles. The first-order valence-electron chi connectivity index (χ1n) is 12.2. The number of amides is 2. The van der Waals surface area contributed by atoms with Crippen molar-refractivity contribution in [1.82, 2.24) is 5.32 Å². The van der Waals surface area contributed by atoms with Gasteiger partial charge in [0.25, 0.3) is 5.91 Å². The molecule has 0 saturated heterocycles. The standard InChI is InChI=1S/C27H30N4O3/c1-18-14-25(32)30-23-16-21-15-20(26(23)29-18)6-3-2-4-11-31-12-5-7-19-8-9-22(17-24(19)31)34-13-10-28-27(21)33/h3,6,8-9,15-18H,2,4-5,7,10-14H2,1H3,(H,28,33)/b6-3+/t18-/m1/s1. The third-order valence-corrected chi connectivity index (χ3v) is 6.47. The fraction of sp³-hybridized carbons (Fsp3) is 0.407. The highest BCUT2D eigenvalue weighted by Gasteiger charge is 2.18. The smallest absolute Gasteiger partial charge is 0.251 e. The highest BCUT2D eigenvalue weighted by Crippen LogP contribution is 2.31. The second-order valence-electron chi connectivity index (χ2n) is 9.15. The maximum absolute atomic E-state index is 12.9. The van der Waals surface area contributed by atoms with Gasteiger partial charge in [0.15, 0.2) is 0 Å². The summed E-state index contributed by atoms with van der Waals surface area (Å²) in [7, 11) is 0. The summed E-state index contributed by atoms with van der Waals surface area (Å²) in [5.41, 5.74) is 3.92. The zero-order chi connectivity index (χ0) is 23.5. The first-order chi connectivity index (χ1) is 16.6. The van der Waals surface area contributed by atoms with Crippen LogP contribution < -0.4 is 25.7 Å². The molecule has 3 aliphatic rings. The molecule has 0 saturated carbocycles. The van der Waals surface area contributed by atoms with Gasteiger partial charge in [0.1, 0.15) is 12.4 Å². The Labute approximate surface area is 199 Å². The van der Waals surface area contributed by atoms with Crippen LogP contribution in [0, 0.1) is 0 Å². The fourth-order valence-electron chi connectivity index (χ4n) is 4.82. The van der Waals surface area contributed by atoms with Crippen molar-refractivity contribution in [3.05, 3.63) is 63.8 Å². The summed E-state index contributed by atoms with van der Waals surface area (Å²) in [6.45, 7) is 4.69. The summed E-state index contributed by atoms with van der Waals surface area (Å²) in [5.74, 6) is 0.392. The van der Waals surface area contributed by atoms with Crippen molar-refractivity contribution in [2.75, 3.05) is 31.1 Å². The monoisotopic (exact) mass is 458 g/mol. The Kier molecular flexibility index (Phi) is 6.43. The Bertz CT molecular complexity index is 1270. The lowest BCUT2D eigenvalue weighted by atomic mass is 10.0. The average Bonchev–Trinajstić information content (AvgIpc) is 2.97. The number of allylic oxidation sites excluding steroid dienone is 1. The predicted octanol–water partition coefficient (Wildman–Crippen LogP) is 2.61. The van der Waals surface area contributed by atoms with E-state index in [1.807, 2.05) is 25.1 Å². The van der Waals surface area contributed by atoms with Crippen LogP contribution in [0.2, 0.25) is 0 Å². The third-order valence-electron chi connectivity index (χ3n) is 6.47. The van der Waals surface area contributed by atoms with E-state index in [0.29, 0.717) is 29.4 Å². The van der Waals surface area contributed by atoms with Gasteiger partial charge in [-0.25, -0.2) is 4.99 Å². The molecule has 7 heteroatoms. The third kappa shape index (κ3) is 4.88. The predicted molar refractivity (Wildman–Crippen MR) is 131 cm³/mol. The van der Waals surface area contributed by atoms with Crippen LogP contribution in [0.3, 0.4) is 0 Å². The highest BCUT2D eigenvalue weighted by molar-refractivity contribution is 5.94. The lowest BCUT2D eigenvalue weighted by Crippen LogP contribution is -2.33. The second kappa shape index (κ2) is 9.79. The van der Waals surface area contributed by atoms with Crippen molar-refractivity contribution in [3.8, 4) is 5.75 Å². The number of carbonyl (C=O) groups is 2. The van der Waals surface area contributed by atoms with E-state index in [2.05, 4.69) is 33.4 Å². The molecule has 0 radical (unpaired) electrons. The largest absolute Gasteiger partial charge is 0.492 e. The number of aryl methyl sites for hydroxylation is 1. The number of anilines is 1. The van der Waals surface area contributed by atoms with Crippen molar-refractivity contribution in [3.63, 3.8) is 0 Å². The zero-order valence-corrected chi connectivity index (χ0v) is 19.5. The minimum atomic E-state index is -0.220. The lowest BCUT2D eigenvalue weighted by molar-refractivity contribution is -0.118. The van der Waals surface area contributed by atoms with Crippen LogP contribution >= 0.6 is 0 Å². The van der Waals surface area contributed by atoms with Gasteiger partial charge in [0.2, 0.25) is 5.91 Å². The number of carbonyl (C=O) groups excluding carboxylic acids is 2. The molecule has 1 N–H and O–H groups in total. The molecule has 34 heavy (non-hydrogen) atoms. The van der Waals surface area contributed by atoms with Gasteiger partial charge >= 0.3 is 0 Å². The van der Waals surface area contributed by atoms with E-state index in [-0.39, 0.29) is 24.3 Å². The highest BCUT2D eigenvalue weighted by atomic mass is 16.5. The molecule has 5 rings (SSSR count). The first kappa shape index (κ1) is 22.3. The fourth-order valence-corrected chi connectivity index (χ4v) is 4.82. The lowest BCUT2D eigenvalue weighted by Gasteiger charge is -2.31. The van der Waals surface area contributed by atoms with E-state index in [4.69, 9.17) is 9.73 Å². The molecule has 3 heterocycles. The summed E-state index contributed by atoms with van der Waals surface area (Å²) in [6, 6.07) is 9.66. The van der Waals surface area contributed by atoms with Gasteiger partial charge in [-0.3, -0.25) is 14.6 Å². The summed E-state index contributed by atoms with van der Waals surface area (Å²) in [4.78, 5) is 36.6. The molecule has 1 atom stereocenters. The van der Waals surface area contributed by atoms with Crippen LogP contribution in [0.15, 0.2) is 46.4 Å². The Morgan fingerprint density at radius 2 is 2.00 bits per heavy atom. The van der Waals surface area contributed by atoms with Gasteiger partial charge in [-0.15, -0.1) is 0 Å². The molecule has 3 aliphatic heterocycles. The molecule has 2 amide bonds. The molecular weight excluding hydrogens is 428 g/mol. The summed E-state index contributed by atoms with van der Waals surface area (Å²) in [6.07, 6.45) is 8.59. The van der Waals surface area contributed by atoms with E-state index in [1.54, 1.807) is 6.07 Å². The normalized spacial score (nSPS) is 21.6. The van der Waals surface area contributed by atoms with Crippen LogP contribution in [0.5, 0.6) is 5.75 Å². The van der Waals surface area contributed by atoms with E-state index >= 15 is 0 Å². The number of fused-ring (bicyclic) bond motifs is 5. The van der Waals surface area contributed by atoms with Gasteiger partial charge in [0.05, 0.1) is 29.7 Å². The maximum Gasteiger partial charge on any atom is 0.251 e. The summed E-state index contributed by atoms with van der Waals surface area (Å²) >= 11 is 0. The Morgan fingerprint density at radius 1 is 1.12 bits per heavy atom. The molecule has 4 bridgehead atoms. The topological polar surface area (TPSA) is 83.4 Å². The number of nitrogens with one attached hydrogen (secondary N) is 1. The van der Waals surface area contributed by atoms with Crippen molar-refractivity contribution in [1.29, 1.82) is 0 Å². The van der Waals surface area contributed by atoms with Gasteiger partial charge in [-0.05, 0) is 56.4 Å².